The van der Waals surface area contributed by atoms with E-state index in [1.54, 1.807) is 0 Å². The van der Waals surface area contributed by atoms with Crippen molar-refractivity contribution >= 4 is 74.1 Å². The lowest BCUT2D eigenvalue weighted by Gasteiger charge is -2.42. The molecule has 0 bridgehead atoms. The molecule has 0 unspecified atom stereocenters. The van der Waals surface area contributed by atoms with Crippen LogP contribution < -0.4 is 0 Å². The van der Waals surface area contributed by atoms with E-state index in [0.717, 1.165) is 39.2 Å². The molecule has 4 heteroatoms. The number of imidazole rings is 1. The first-order valence-corrected chi connectivity index (χ1v) is 27.3. The summed E-state index contributed by atoms with van der Waals surface area (Å²) in [5, 5.41) is 7.55. The van der Waals surface area contributed by atoms with Crippen LogP contribution in [0.3, 0.4) is 0 Å². The molecule has 0 spiro atoms. The van der Waals surface area contributed by atoms with Crippen LogP contribution in [0.15, 0.2) is 299 Å². The maximum absolute atomic E-state index is 5.30. The average Bonchev–Trinajstić information content (AvgIpc) is 4.05. The zero-order valence-electron chi connectivity index (χ0n) is 39.8. The van der Waals surface area contributed by atoms with Gasteiger partial charge in [-0.3, -0.25) is 4.57 Å². The third-order valence-corrected chi connectivity index (χ3v) is 19.8. The minimum atomic E-state index is -1.97. The van der Waals surface area contributed by atoms with E-state index in [2.05, 4.69) is 284 Å². The molecule has 2 nitrogen and oxygen atoms in total. The van der Waals surface area contributed by atoms with Crippen molar-refractivity contribution < 1.29 is 0 Å². The van der Waals surface area contributed by atoms with E-state index in [9.17, 15) is 0 Å². The van der Waals surface area contributed by atoms with Crippen molar-refractivity contribution in [3.63, 3.8) is 0 Å². The van der Waals surface area contributed by atoms with Gasteiger partial charge in [-0.2, -0.15) is 0 Å². The van der Waals surface area contributed by atoms with Crippen LogP contribution in [-0.2, 0) is 0 Å². The molecule has 0 aliphatic carbocycles. The second kappa shape index (κ2) is 17.8. The summed E-state index contributed by atoms with van der Waals surface area (Å²) >= 11 is 1.92. The highest BCUT2D eigenvalue weighted by Gasteiger charge is 2.35. The summed E-state index contributed by atoms with van der Waals surface area (Å²) in [6, 6.07) is 103. The van der Waals surface area contributed by atoms with Crippen molar-refractivity contribution in [1.82, 2.24) is 9.55 Å². The fraction of sp³-hybridized carbons (Fsp3) is 0. The van der Waals surface area contributed by atoms with Crippen molar-refractivity contribution in [2.75, 3.05) is 0 Å². The predicted molar refractivity (Wildman–Crippen MR) is 311 cm³/mol. The van der Waals surface area contributed by atoms with Gasteiger partial charge in [0.25, 0.3) is 0 Å². The van der Waals surface area contributed by atoms with E-state index >= 15 is 0 Å². The molecule has 0 aliphatic heterocycles. The van der Waals surface area contributed by atoms with Gasteiger partial charge >= 0.3 is 0 Å². The van der Waals surface area contributed by atoms with E-state index in [4.69, 9.17) is 4.98 Å². The molecule has 73 heavy (non-hydrogen) atoms. The molecule has 2 aromatic heterocycles. The van der Waals surface area contributed by atoms with E-state index < -0.39 is 10.0 Å². The summed E-state index contributed by atoms with van der Waals surface area (Å²) in [4.78, 5) is 10.6. The molecule has 0 N–H and O–H groups in total. The molecule has 14 aromatic rings. The van der Waals surface area contributed by atoms with E-state index in [-0.39, 0.29) is 0 Å². The topological polar surface area (TPSA) is 17.8 Å². The zero-order chi connectivity index (χ0) is 48.3. The smallest absolute Gasteiger partial charge is 0.145 e. The quantitative estimate of drug-likeness (QED) is 0.132. The molecule has 344 valence electrons. The Morgan fingerprint density at radius 3 is 1.44 bits per heavy atom. The summed E-state index contributed by atoms with van der Waals surface area (Å²) in [6.45, 7) is 0. The van der Waals surface area contributed by atoms with Gasteiger partial charge in [-0.05, 0) is 134 Å². The van der Waals surface area contributed by atoms with Crippen molar-refractivity contribution in [1.29, 1.82) is 0 Å². The lowest BCUT2D eigenvalue weighted by atomic mass is 9.85. The van der Waals surface area contributed by atoms with E-state index in [1.165, 1.54) is 83.6 Å². The number of aromatic nitrogens is 2. The van der Waals surface area contributed by atoms with Gasteiger partial charge in [-0.15, -0.1) is 21.4 Å². The van der Waals surface area contributed by atoms with Gasteiger partial charge in [-0.1, -0.05) is 200 Å². The minimum Gasteiger partial charge on any atom is -0.292 e. The van der Waals surface area contributed by atoms with Gasteiger partial charge in [0.1, 0.15) is 5.82 Å². The van der Waals surface area contributed by atoms with Gasteiger partial charge in [0.15, 0.2) is 0 Å². The fourth-order valence-electron chi connectivity index (χ4n) is 11.3. The Balaban J connectivity index is 0.923. The summed E-state index contributed by atoms with van der Waals surface area (Å²) in [5.74, 6) is 0.929. The Morgan fingerprint density at radius 2 is 0.795 bits per heavy atom. The highest BCUT2D eigenvalue weighted by atomic mass is 32.3. The Hall–Kier alpha value is -8.80. The van der Waals surface area contributed by atoms with Gasteiger partial charge in [0, 0.05) is 51.0 Å². The number of fused-ring (bicyclic) bond motifs is 6. The Labute approximate surface area is 430 Å². The molecule has 0 saturated heterocycles. The molecule has 2 heterocycles. The Bertz CT molecular complexity index is 4250. The highest BCUT2D eigenvalue weighted by Crippen LogP contribution is 2.75. The minimum absolute atomic E-state index is 0.929. The van der Waals surface area contributed by atoms with Crippen LogP contribution in [0.4, 0.5) is 0 Å². The van der Waals surface area contributed by atoms with Crippen molar-refractivity contribution in [3.05, 3.63) is 279 Å². The third kappa shape index (κ3) is 7.05. The van der Waals surface area contributed by atoms with Gasteiger partial charge in [0.2, 0.25) is 0 Å². The lowest BCUT2D eigenvalue weighted by Crippen LogP contribution is -2.05. The maximum Gasteiger partial charge on any atom is 0.145 e. The predicted octanol–water partition coefficient (Wildman–Crippen LogP) is 19.7. The molecular weight excluding hydrogens is 921 g/mol. The molecular formula is C69H46N2S2. The SMILES string of the molecule is c1ccc(-c2nc3cc(-c4cccc(-c5c6ccccc6c(-c6ccc(S(c7ccccc7)(c7ccccc7)c7cccc8c7sc7ccccc78)cc6)c6ccccc56)c4)ccc3n2-c2ccccc2)cc1. The van der Waals surface area contributed by atoms with Crippen LogP contribution >= 0.6 is 21.4 Å². The number of rotatable bonds is 9. The van der Waals surface area contributed by atoms with Crippen LogP contribution in [0.25, 0.3) is 103 Å². The van der Waals surface area contributed by atoms with Gasteiger partial charge < -0.3 is 0 Å². The van der Waals surface area contributed by atoms with Crippen LogP contribution in [0, 0.1) is 0 Å². The summed E-state index contributed by atoms with van der Waals surface area (Å²) < 4.78 is 4.94. The van der Waals surface area contributed by atoms with Crippen molar-refractivity contribution in [2.24, 2.45) is 0 Å². The average molecular weight is 967 g/mol. The second-order valence-corrected chi connectivity index (χ2v) is 22.7. The second-order valence-electron chi connectivity index (χ2n) is 18.6. The van der Waals surface area contributed by atoms with Crippen LogP contribution in [0.1, 0.15) is 0 Å². The molecule has 0 fully saturated rings. The van der Waals surface area contributed by atoms with Crippen molar-refractivity contribution in [2.45, 2.75) is 19.6 Å². The van der Waals surface area contributed by atoms with Crippen molar-refractivity contribution in [3.8, 4) is 50.5 Å². The number of hydrogen-bond acceptors (Lipinski definition) is 2. The first kappa shape index (κ1) is 43.0. The van der Waals surface area contributed by atoms with E-state index in [0.29, 0.717) is 0 Å². The van der Waals surface area contributed by atoms with Gasteiger partial charge in [-0.25, -0.2) is 4.98 Å². The van der Waals surface area contributed by atoms with Gasteiger partial charge in [0.05, 0.1) is 11.0 Å². The first-order valence-electron chi connectivity index (χ1n) is 24.8. The number of hydrogen-bond donors (Lipinski definition) is 0. The van der Waals surface area contributed by atoms with E-state index in [1.807, 2.05) is 11.3 Å². The van der Waals surface area contributed by atoms with Crippen LogP contribution in [0.5, 0.6) is 0 Å². The summed E-state index contributed by atoms with van der Waals surface area (Å²) in [7, 11) is -1.97. The monoisotopic (exact) mass is 966 g/mol. The van der Waals surface area contributed by atoms with Crippen LogP contribution in [-0.4, -0.2) is 9.55 Å². The third-order valence-electron chi connectivity index (χ3n) is 14.5. The fourth-order valence-corrected chi connectivity index (χ4v) is 16.8. The lowest BCUT2D eigenvalue weighted by molar-refractivity contribution is 1.10. The Kier molecular flexibility index (Phi) is 10.5. The molecule has 0 radical (unpaired) electrons. The molecule has 14 rings (SSSR count). The summed E-state index contributed by atoms with van der Waals surface area (Å²) in [5.41, 5.74) is 11.4. The largest absolute Gasteiger partial charge is 0.292 e. The van der Waals surface area contributed by atoms with Crippen LogP contribution in [0.2, 0.25) is 0 Å². The summed E-state index contributed by atoms with van der Waals surface area (Å²) in [6.07, 6.45) is 0. The number of para-hydroxylation sites is 1. The number of benzene rings is 12. The molecule has 12 aromatic carbocycles. The zero-order valence-corrected chi connectivity index (χ0v) is 41.4. The number of nitrogens with zero attached hydrogens (tertiary/aromatic N) is 2. The molecule has 0 saturated carbocycles. The standard InChI is InChI=1S/C69H46N2S2/c1-5-21-48(22-6-1)69-70-62-46-50(41-44-63(62)71(69)52-25-7-2-8-26-52)49-23-19-24-51(45-49)67-59-34-15-13-32-57(59)66(58-33-14-16-35-60(58)67)47-39-42-55(43-40-47)73(53-27-9-3-10-28-53,54-29-11-4-12-30-54)65-38-20-36-61-56-31-17-18-37-64(56)72-68(61)65/h1-46H. The first-order chi connectivity index (χ1) is 36.2. The number of thiophene rings is 1. The molecule has 0 atom stereocenters. The molecule has 0 amide bonds. The highest BCUT2D eigenvalue weighted by molar-refractivity contribution is 8.34. The molecule has 0 aliphatic rings. The maximum atomic E-state index is 5.30. The Morgan fingerprint density at radius 1 is 0.329 bits per heavy atom. The normalized spacial score (nSPS) is 12.1.